The SMILES string of the molecule is COC(=O)c1ccc(NCc2ccc(C(=O)Nc3ccc(F)cc3)cc2)nc1C. The summed E-state index contributed by atoms with van der Waals surface area (Å²) in [5, 5.41) is 5.90. The van der Waals surface area contributed by atoms with Crippen molar-refractivity contribution < 1.29 is 18.7 Å². The molecule has 3 aromatic rings. The number of nitrogens with one attached hydrogen (secondary N) is 2. The topological polar surface area (TPSA) is 80.3 Å². The molecule has 29 heavy (non-hydrogen) atoms. The molecule has 0 saturated heterocycles. The van der Waals surface area contributed by atoms with Crippen LogP contribution in [0.1, 0.15) is 32.0 Å². The number of hydrogen-bond donors (Lipinski definition) is 2. The van der Waals surface area contributed by atoms with Crippen LogP contribution in [0.2, 0.25) is 0 Å². The highest BCUT2D eigenvalue weighted by Crippen LogP contribution is 2.14. The molecule has 1 aromatic heterocycles. The van der Waals surface area contributed by atoms with Crippen LogP contribution in [-0.4, -0.2) is 24.0 Å². The quantitative estimate of drug-likeness (QED) is 0.614. The Morgan fingerprint density at radius 2 is 1.69 bits per heavy atom. The van der Waals surface area contributed by atoms with Crippen LogP contribution in [0.5, 0.6) is 0 Å². The molecule has 148 valence electrons. The Hall–Kier alpha value is -3.74. The normalized spacial score (nSPS) is 10.3. The first-order valence-corrected chi connectivity index (χ1v) is 8.92. The van der Waals surface area contributed by atoms with E-state index >= 15 is 0 Å². The van der Waals surface area contributed by atoms with Crippen molar-refractivity contribution in [2.45, 2.75) is 13.5 Å². The van der Waals surface area contributed by atoms with Gasteiger partial charge in [-0.15, -0.1) is 0 Å². The Bertz CT molecular complexity index is 1020. The van der Waals surface area contributed by atoms with Gasteiger partial charge in [-0.25, -0.2) is 14.2 Å². The fourth-order valence-electron chi connectivity index (χ4n) is 2.69. The highest BCUT2D eigenvalue weighted by molar-refractivity contribution is 6.04. The molecule has 0 spiro atoms. The first-order valence-electron chi connectivity index (χ1n) is 8.92. The van der Waals surface area contributed by atoms with E-state index < -0.39 is 5.97 Å². The summed E-state index contributed by atoms with van der Waals surface area (Å²) in [7, 11) is 1.33. The van der Waals surface area contributed by atoms with Gasteiger partial charge in [0.05, 0.1) is 18.4 Å². The van der Waals surface area contributed by atoms with E-state index in [2.05, 4.69) is 15.6 Å². The summed E-state index contributed by atoms with van der Waals surface area (Å²) in [6.45, 7) is 2.25. The minimum atomic E-state index is -0.420. The molecule has 1 amide bonds. The minimum absolute atomic E-state index is 0.271. The third kappa shape index (κ3) is 5.16. The minimum Gasteiger partial charge on any atom is -0.465 e. The lowest BCUT2D eigenvalue weighted by atomic mass is 10.1. The summed E-state index contributed by atoms with van der Waals surface area (Å²) in [5.74, 6) is -0.416. The predicted octanol–water partition coefficient (Wildman–Crippen LogP) is 4.18. The number of pyridine rings is 1. The molecule has 0 radical (unpaired) electrons. The van der Waals surface area contributed by atoms with E-state index in [0.717, 1.165) is 5.56 Å². The number of carbonyl (C=O) groups is 2. The molecule has 0 saturated carbocycles. The summed E-state index contributed by atoms with van der Waals surface area (Å²) in [5.41, 5.74) is 2.98. The Balaban J connectivity index is 1.59. The second kappa shape index (κ2) is 8.97. The van der Waals surface area contributed by atoms with E-state index in [4.69, 9.17) is 4.74 Å². The first-order chi connectivity index (χ1) is 14.0. The molecule has 0 bridgehead atoms. The average molecular weight is 393 g/mol. The maximum absolute atomic E-state index is 12.9. The number of nitrogens with zero attached hydrogens (tertiary/aromatic N) is 1. The number of carbonyl (C=O) groups excluding carboxylic acids is 2. The molecule has 0 fully saturated rings. The van der Waals surface area contributed by atoms with Crippen LogP contribution in [0, 0.1) is 12.7 Å². The molecular formula is C22H20FN3O3. The van der Waals surface area contributed by atoms with Crippen molar-refractivity contribution >= 4 is 23.4 Å². The number of anilines is 2. The van der Waals surface area contributed by atoms with E-state index in [1.807, 2.05) is 12.1 Å². The standard InChI is InChI=1S/C22H20FN3O3/c1-14-19(22(28)29-2)11-12-20(25-14)24-13-15-3-5-16(6-4-15)21(27)26-18-9-7-17(23)8-10-18/h3-12H,13H2,1-2H3,(H,24,25)(H,26,27). The number of ether oxygens (including phenoxy) is 1. The summed E-state index contributed by atoms with van der Waals surface area (Å²) >= 11 is 0. The zero-order chi connectivity index (χ0) is 20.8. The van der Waals surface area contributed by atoms with E-state index in [9.17, 15) is 14.0 Å². The number of benzene rings is 2. The lowest BCUT2D eigenvalue weighted by Gasteiger charge is -2.10. The molecule has 6 nitrogen and oxygen atoms in total. The van der Waals surface area contributed by atoms with E-state index in [-0.39, 0.29) is 11.7 Å². The third-order valence-electron chi connectivity index (χ3n) is 4.28. The van der Waals surface area contributed by atoms with Crippen molar-refractivity contribution in [3.8, 4) is 0 Å². The van der Waals surface area contributed by atoms with Gasteiger partial charge in [-0.05, 0) is 61.0 Å². The molecule has 2 N–H and O–H groups in total. The zero-order valence-electron chi connectivity index (χ0n) is 16.0. The highest BCUT2D eigenvalue weighted by Gasteiger charge is 2.11. The van der Waals surface area contributed by atoms with E-state index in [0.29, 0.717) is 34.9 Å². The molecule has 0 aliphatic heterocycles. The Labute approximate surface area is 167 Å². The van der Waals surface area contributed by atoms with Crippen LogP contribution < -0.4 is 10.6 Å². The van der Waals surface area contributed by atoms with Crippen LogP contribution in [0.15, 0.2) is 60.7 Å². The summed E-state index contributed by atoms with van der Waals surface area (Å²) in [6, 6.07) is 16.1. The van der Waals surface area contributed by atoms with Crippen molar-refractivity contribution in [3.05, 3.63) is 88.9 Å². The largest absolute Gasteiger partial charge is 0.465 e. The third-order valence-corrected chi connectivity index (χ3v) is 4.28. The number of amides is 1. The van der Waals surface area contributed by atoms with E-state index in [1.165, 1.54) is 31.4 Å². The number of esters is 1. The van der Waals surface area contributed by atoms with Crippen molar-refractivity contribution in [1.82, 2.24) is 4.98 Å². The van der Waals surface area contributed by atoms with Crippen molar-refractivity contribution in [3.63, 3.8) is 0 Å². The second-order valence-electron chi connectivity index (χ2n) is 6.33. The number of aromatic nitrogens is 1. The monoisotopic (exact) mass is 393 g/mol. The van der Waals surface area contributed by atoms with Gasteiger partial charge >= 0.3 is 5.97 Å². The first kappa shape index (κ1) is 20.0. The van der Waals surface area contributed by atoms with Gasteiger partial charge in [0.25, 0.3) is 5.91 Å². The number of hydrogen-bond acceptors (Lipinski definition) is 5. The summed E-state index contributed by atoms with van der Waals surface area (Å²) < 4.78 is 17.6. The molecule has 2 aromatic carbocycles. The molecule has 0 aliphatic rings. The van der Waals surface area contributed by atoms with E-state index in [1.54, 1.807) is 31.2 Å². The number of rotatable bonds is 6. The van der Waals surface area contributed by atoms with Gasteiger partial charge in [0.2, 0.25) is 0 Å². The van der Waals surface area contributed by atoms with Crippen LogP contribution in [0.4, 0.5) is 15.9 Å². The molecule has 3 rings (SSSR count). The lowest BCUT2D eigenvalue weighted by Crippen LogP contribution is -2.12. The summed E-state index contributed by atoms with van der Waals surface area (Å²) in [4.78, 5) is 28.2. The number of halogens is 1. The average Bonchev–Trinajstić information content (AvgIpc) is 2.73. The van der Waals surface area contributed by atoms with Crippen molar-refractivity contribution in [1.29, 1.82) is 0 Å². The molecule has 0 unspecified atom stereocenters. The summed E-state index contributed by atoms with van der Waals surface area (Å²) in [6.07, 6.45) is 0. The molecule has 0 aliphatic carbocycles. The number of aryl methyl sites for hydroxylation is 1. The molecule has 7 heteroatoms. The number of methoxy groups -OCH3 is 1. The van der Waals surface area contributed by atoms with Gasteiger partial charge in [0.15, 0.2) is 0 Å². The van der Waals surface area contributed by atoms with Crippen LogP contribution in [0.25, 0.3) is 0 Å². The van der Waals surface area contributed by atoms with Crippen molar-refractivity contribution in [2.24, 2.45) is 0 Å². The zero-order valence-corrected chi connectivity index (χ0v) is 16.0. The fourth-order valence-corrected chi connectivity index (χ4v) is 2.69. The van der Waals surface area contributed by atoms with Gasteiger partial charge in [0, 0.05) is 17.8 Å². The molecule has 1 heterocycles. The maximum atomic E-state index is 12.9. The maximum Gasteiger partial charge on any atom is 0.339 e. The van der Waals surface area contributed by atoms with Gasteiger partial charge in [0.1, 0.15) is 11.6 Å². The van der Waals surface area contributed by atoms with Gasteiger partial charge in [-0.2, -0.15) is 0 Å². The van der Waals surface area contributed by atoms with Crippen LogP contribution in [-0.2, 0) is 11.3 Å². The fraction of sp³-hybridized carbons (Fsp3) is 0.136. The predicted molar refractivity (Wildman–Crippen MR) is 108 cm³/mol. The van der Waals surface area contributed by atoms with Crippen LogP contribution in [0.3, 0.4) is 0 Å². The van der Waals surface area contributed by atoms with Crippen molar-refractivity contribution in [2.75, 3.05) is 17.7 Å². The van der Waals surface area contributed by atoms with Gasteiger partial charge < -0.3 is 15.4 Å². The Kier molecular flexibility index (Phi) is 6.19. The molecular weight excluding hydrogens is 373 g/mol. The second-order valence-corrected chi connectivity index (χ2v) is 6.33. The highest BCUT2D eigenvalue weighted by atomic mass is 19.1. The van der Waals surface area contributed by atoms with Gasteiger partial charge in [-0.1, -0.05) is 12.1 Å². The Morgan fingerprint density at radius 3 is 2.31 bits per heavy atom. The Morgan fingerprint density at radius 1 is 1.00 bits per heavy atom. The molecule has 0 atom stereocenters. The van der Waals surface area contributed by atoms with Crippen LogP contribution >= 0.6 is 0 Å². The smallest absolute Gasteiger partial charge is 0.339 e. The lowest BCUT2D eigenvalue weighted by molar-refractivity contribution is 0.0599. The van der Waals surface area contributed by atoms with Gasteiger partial charge in [-0.3, -0.25) is 4.79 Å².